The van der Waals surface area contributed by atoms with E-state index < -0.39 is 47.7 Å². The molecule has 0 aliphatic carbocycles. The molecule has 0 radical (unpaired) electrons. The summed E-state index contributed by atoms with van der Waals surface area (Å²) in [5, 5.41) is 31.1. The number of nitro benzene ring substituents is 2. The number of sulfonamides is 1. The van der Waals surface area contributed by atoms with Crippen LogP contribution in [0.25, 0.3) is 0 Å². The smallest absolute Gasteiger partial charge is 0.347 e. The maximum absolute atomic E-state index is 12.5. The molecule has 0 saturated heterocycles. The second kappa shape index (κ2) is 9.70. The van der Waals surface area contributed by atoms with Gasteiger partial charge in [-0.1, -0.05) is 12.1 Å². The number of hydrogen-bond acceptors (Lipinski definition) is 8. The first kappa shape index (κ1) is 24.7. The summed E-state index contributed by atoms with van der Waals surface area (Å²) in [6.07, 6.45) is 0.737. The van der Waals surface area contributed by atoms with Crippen LogP contribution in [0.15, 0.2) is 47.4 Å². The molecule has 0 fully saturated rings. The molecule has 0 atom stereocenters. The first-order valence-electron chi connectivity index (χ1n) is 9.27. The Bertz CT molecular complexity index is 1150. The topological polar surface area (TPSA) is 179 Å². The summed E-state index contributed by atoms with van der Waals surface area (Å²) in [7, 11) is -4.28. The standard InChI is InChI=1S/C19H21N3O9S/c1-19(2,18(23)24)31-15-7-3-5-13(11-15)6-4-10-20-32(29,30)17-9-8-14(21(25)26)12-16(17)22(27)28/h3,5,7-9,11-12,20H,4,6,10H2,1-2H3,(H,23,24). The largest absolute Gasteiger partial charge is 0.478 e. The zero-order valence-corrected chi connectivity index (χ0v) is 18.0. The number of aliphatic carboxylic acids is 1. The van der Waals surface area contributed by atoms with E-state index in [1.807, 2.05) is 0 Å². The predicted molar refractivity (Wildman–Crippen MR) is 112 cm³/mol. The first-order valence-corrected chi connectivity index (χ1v) is 10.8. The summed E-state index contributed by atoms with van der Waals surface area (Å²) in [4.78, 5) is 30.6. The average Bonchev–Trinajstić information content (AvgIpc) is 2.70. The highest BCUT2D eigenvalue weighted by Crippen LogP contribution is 2.28. The lowest BCUT2D eigenvalue weighted by atomic mass is 10.1. The maximum Gasteiger partial charge on any atom is 0.347 e. The number of carboxylic acids is 1. The highest BCUT2D eigenvalue weighted by Gasteiger charge is 2.30. The Balaban J connectivity index is 2.04. The highest BCUT2D eigenvalue weighted by molar-refractivity contribution is 7.89. The fraction of sp³-hybridized carbons (Fsp3) is 0.316. The maximum atomic E-state index is 12.5. The van der Waals surface area contributed by atoms with Gasteiger partial charge in [-0.2, -0.15) is 0 Å². The minimum atomic E-state index is -4.28. The number of aryl methyl sites for hydroxylation is 1. The number of nitrogens with one attached hydrogen (secondary N) is 1. The van der Waals surface area contributed by atoms with E-state index in [0.717, 1.165) is 17.7 Å². The first-order chi connectivity index (χ1) is 14.8. The van der Waals surface area contributed by atoms with Crippen molar-refractivity contribution in [1.29, 1.82) is 0 Å². The van der Waals surface area contributed by atoms with E-state index >= 15 is 0 Å². The van der Waals surface area contributed by atoms with Gasteiger partial charge in [-0.3, -0.25) is 20.2 Å². The average molecular weight is 467 g/mol. The van der Waals surface area contributed by atoms with Crippen LogP contribution in [0.5, 0.6) is 5.75 Å². The third-order valence-electron chi connectivity index (χ3n) is 4.36. The quantitative estimate of drug-likeness (QED) is 0.285. The Morgan fingerprint density at radius 3 is 2.41 bits per heavy atom. The van der Waals surface area contributed by atoms with Crippen molar-refractivity contribution in [2.45, 2.75) is 37.2 Å². The van der Waals surface area contributed by atoms with E-state index in [0.29, 0.717) is 24.7 Å². The number of carboxylic acid groups (broad SMARTS) is 1. The van der Waals surface area contributed by atoms with Crippen LogP contribution in [0.2, 0.25) is 0 Å². The molecule has 0 aliphatic rings. The summed E-state index contributed by atoms with van der Waals surface area (Å²) < 4.78 is 32.6. The van der Waals surface area contributed by atoms with E-state index in [2.05, 4.69) is 4.72 Å². The van der Waals surface area contributed by atoms with Crippen LogP contribution in [0, 0.1) is 20.2 Å². The molecule has 0 aliphatic heterocycles. The number of carbonyl (C=O) groups is 1. The molecule has 0 bridgehead atoms. The molecule has 2 aromatic carbocycles. The zero-order chi connectivity index (χ0) is 24.1. The van der Waals surface area contributed by atoms with Gasteiger partial charge in [0.25, 0.3) is 11.4 Å². The number of rotatable bonds is 11. The Labute approximate surface area is 183 Å². The van der Waals surface area contributed by atoms with Gasteiger partial charge in [0, 0.05) is 12.6 Å². The van der Waals surface area contributed by atoms with E-state index in [1.54, 1.807) is 24.3 Å². The van der Waals surface area contributed by atoms with Crippen LogP contribution in [-0.2, 0) is 21.2 Å². The van der Waals surface area contributed by atoms with Crippen molar-refractivity contribution in [3.63, 3.8) is 0 Å². The van der Waals surface area contributed by atoms with Crippen molar-refractivity contribution in [2.24, 2.45) is 0 Å². The summed E-state index contributed by atoms with van der Waals surface area (Å²) in [6, 6.07) is 8.97. The molecule has 0 saturated carbocycles. The lowest BCUT2D eigenvalue weighted by Crippen LogP contribution is -2.37. The molecule has 12 nitrogen and oxygen atoms in total. The van der Waals surface area contributed by atoms with Gasteiger partial charge in [0.05, 0.1) is 15.9 Å². The lowest BCUT2D eigenvalue weighted by molar-refractivity contribution is -0.396. The Kier molecular flexibility index (Phi) is 7.48. The van der Waals surface area contributed by atoms with Gasteiger partial charge in [-0.25, -0.2) is 17.9 Å². The summed E-state index contributed by atoms with van der Waals surface area (Å²) in [6.45, 7) is 2.77. The van der Waals surface area contributed by atoms with Crippen LogP contribution < -0.4 is 9.46 Å². The lowest BCUT2D eigenvalue weighted by Gasteiger charge is -2.21. The van der Waals surface area contributed by atoms with Crippen LogP contribution in [-0.4, -0.2) is 41.5 Å². The SMILES string of the molecule is CC(C)(Oc1cccc(CCCNS(=O)(=O)c2ccc([N+](=O)[O-])cc2[N+](=O)[O-])c1)C(=O)O. The molecule has 2 aromatic rings. The summed E-state index contributed by atoms with van der Waals surface area (Å²) >= 11 is 0. The molecule has 13 heteroatoms. The fourth-order valence-corrected chi connectivity index (χ4v) is 3.89. The van der Waals surface area contributed by atoms with Crippen molar-refractivity contribution in [1.82, 2.24) is 4.72 Å². The van der Waals surface area contributed by atoms with Crippen molar-refractivity contribution in [3.05, 3.63) is 68.3 Å². The molecule has 32 heavy (non-hydrogen) atoms. The number of hydrogen-bond donors (Lipinski definition) is 2. The van der Waals surface area contributed by atoms with Crippen molar-refractivity contribution < 1.29 is 32.9 Å². The van der Waals surface area contributed by atoms with Gasteiger partial charge in [-0.15, -0.1) is 0 Å². The predicted octanol–water partition coefficient (Wildman–Crippen LogP) is 2.66. The Morgan fingerprint density at radius 2 is 1.81 bits per heavy atom. The van der Waals surface area contributed by atoms with Gasteiger partial charge in [0.2, 0.25) is 10.0 Å². The molecule has 2 rings (SSSR count). The van der Waals surface area contributed by atoms with Crippen molar-refractivity contribution in [3.8, 4) is 5.75 Å². The van der Waals surface area contributed by atoms with E-state index in [-0.39, 0.29) is 6.54 Å². The van der Waals surface area contributed by atoms with Gasteiger partial charge < -0.3 is 9.84 Å². The molecule has 2 N–H and O–H groups in total. The van der Waals surface area contributed by atoms with Crippen molar-refractivity contribution in [2.75, 3.05) is 6.54 Å². The molecule has 0 spiro atoms. The molecule has 0 unspecified atom stereocenters. The number of benzene rings is 2. The molecular formula is C19H21N3O9S. The van der Waals surface area contributed by atoms with E-state index in [1.165, 1.54) is 13.8 Å². The number of ether oxygens (including phenoxy) is 1. The second-order valence-corrected chi connectivity index (χ2v) is 8.97. The van der Waals surface area contributed by atoms with Gasteiger partial charge >= 0.3 is 5.97 Å². The van der Waals surface area contributed by atoms with Crippen LogP contribution in [0.1, 0.15) is 25.8 Å². The third kappa shape index (κ3) is 6.21. The van der Waals surface area contributed by atoms with Gasteiger partial charge in [0.15, 0.2) is 10.5 Å². The molecular weight excluding hydrogens is 446 g/mol. The summed E-state index contributed by atoms with van der Waals surface area (Å²) in [5.41, 5.74) is -2.14. The number of non-ortho nitro benzene ring substituents is 1. The molecule has 0 amide bonds. The fourth-order valence-electron chi connectivity index (χ4n) is 2.67. The normalized spacial score (nSPS) is 11.7. The Morgan fingerprint density at radius 1 is 1.12 bits per heavy atom. The van der Waals surface area contributed by atoms with Gasteiger partial charge in [0.1, 0.15) is 5.75 Å². The minimum absolute atomic E-state index is 0.0534. The van der Waals surface area contributed by atoms with Crippen LogP contribution >= 0.6 is 0 Å². The zero-order valence-electron chi connectivity index (χ0n) is 17.2. The molecule has 172 valence electrons. The highest BCUT2D eigenvalue weighted by atomic mass is 32.2. The van der Waals surface area contributed by atoms with Gasteiger partial charge in [-0.05, 0) is 50.5 Å². The van der Waals surface area contributed by atoms with Crippen molar-refractivity contribution >= 4 is 27.4 Å². The van der Waals surface area contributed by atoms with E-state index in [9.17, 15) is 33.4 Å². The number of nitrogens with zero attached hydrogens (tertiary/aromatic N) is 2. The summed E-state index contributed by atoms with van der Waals surface area (Å²) in [5.74, 6) is -0.783. The second-order valence-electron chi connectivity index (χ2n) is 7.23. The minimum Gasteiger partial charge on any atom is -0.478 e. The van der Waals surface area contributed by atoms with E-state index in [4.69, 9.17) is 9.84 Å². The van der Waals surface area contributed by atoms with Crippen LogP contribution in [0.3, 0.4) is 0 Å². The monoisotopic (exact) mass is 467 g/mol. The molecule has 0 heterocycles. The molecule has 0 aromatic heterocycles. The third-order valence-corrected chi connectivity index (χ3v) is 5.87. The number of nitro groups is 2. The Hall–Kier alpha value is -3.58. The van der Waals surface area contributed by atoms with Crippen LogP contribution in [0.4, 0.5) is 11.4 Å².